The number of fused-ring (bicyclic) bond motifs is 1. The Morgan fingerprint density at radius 1 is 1.24 bits per heavy atom. The van der Waals surface area contributed by atoms with Crippen molar-refractivity contribution in [3.8, 4) is 0 Å². The van der Waals surface area contributed by atoms with Gasteiger partial charge >= 0.3 is 6.09 Å². The Hall–Kier alpha value is -2.34. The number of hydrogen-bond donors (Lipinski definition) is 0. The quantitative estimate of drug-likeness (QED) is 0.694. The van der Waals surface area contributed by atoms with Crippen LogP contribution in [-0.4, -0.2) is 27.7 Å². The van der Waals surface area contributed by atoms with Gasteiger partial charge in [0, 0.05) is 11.9 Å². The molecule has 0 radical (unpaired) electrons. The lowest BCUT2D eigenvalue weighted by Crippen LogP contribution is -2.12. The van der Waals surface area contributed by atoms with E-state index in [-0.39, 0.29) is 0 Å². The molecule has 0 unspecified atom stereocenters. The third-order valence-electron chi connectivity index (χ3n) is 2.96. The molecule has 0 atom stereocenters. The van der Waals surface area contributed by atoms with Gasteiger partial charge in [-0.05, 0) is 24.3 Å². The van der Waals surface area contributed by atoms with Crippen LogP contribution in [0.1, 0.15) is 5.69 Å². The van der Waals surface area contributed by atoms with E-state index in [0.717, 1.165) is 16.7 Å². The minimum atomic E-state index is -0.438. The van der Waals surface area contributed by atoms with E-state index in [9.17, 15) is 4.79 Å². The summed E-state index contributed by atoms with van der Waals surface area (Å²) in [5.74, 6) is 0.640. The van der Waals surface area contributed by atoms with Crippen LogP contribution in [0.15, 0.2) is 53.8 Å². The van der Waals surface area contributed by atoms with Crippen LogP contribution in [0.2, 0.25) is 0 Å². The molecule has 0 N–H and O–H groups in total. The summed E-state index contributed by atoms with van der Waals surface area (Å²) in [7, 11) is 1.37. The number of benzene rings is 1. The van der Waals surface area contributed by atoms with Gasteiger partial charge in [-0.3, -0.25) is 4.98 Å². The summed E-state index contributed by atoms with van der Waals surface area (Å²) in [6.07, 6.45) is 1.31. The first-order valence-electron chi connectivity index (χ1n) is 6.38. The van der Waals surface area contributed by atoms with Crippen LogP contribution in [0.4, 0.5) is 4.79 Å². The minimum absolute atomic E-state index is 0.438. The predicted octanol–water partition coefficient (Wildman–Crippen LogP) is 3.34. The van der Waals surface area contributed by atoms with Crippen LogP contribution in [-0.2, 0) is 10.5 Å². The van der Waals surface area contributed by atoms with Crippen LogP contribution >= 0.6 is 11.8 Å². The maximum Gasteiger partial charge on any atom is 0.420 e. The number of rotatable bonds is 3. The number of pyridine rings is 1. The number of ether oxygens (including phenoxy) is 1. The van der Waals surface area contributed by atoms with Crippen LogP contribution in [0.3, 0.4) is 0 Å². The number of carbonyl (C=O) groups is 1. The second kappa shape index (κ2) is 5.97. The Balaban J connectivity index is 1.95. The summed E-state index contributed by atoms with van der Waals surface area (Å²) in [6, 6.07) is 13.2. The highest BCUT2D eigenvalue weighted by Gasteiger charge is 2.17. The van der Waals surface area contributed by atoms with E-state index >= 15 is 0 Å². The van der Waals surface area contributed by atoms with E-state index in [1.807, 2.05) is 42.5 Å². The lowest BCUT2D eigenvalue weighted by molar-refractivity contribution is 0.171. The highest BCUT2D eigenvalue weighted by molar-refractivity contribution is 7.98. The van der Waals surface area contributed by atoms with Gasteiger partial charge in [-0.25, -0.2) is 14.3 Å². The molecule has 106 valence electrons. The number of aromatic nitrogens is 3. The van der Waals surface area contributed by atoms with Crippen molar-refractivity contribution in [2.24, 2.45) is 0 Å². The predicted molar refractivity (Wildman–Crippen MR) is 81.3 cm³/mol. The number of thioether (sulfide) groups is 1. The van der Waals surface area contributed by atoms with Gasteiger partial charge in [0.15, 0.2) is 5.16 Å². The van der Waals surface area contributed by atoms with Gasteiger partial charge in [-0.1, -0.05) is 30.0 Å². The van der Waals surface area contributed by atoms with Crippen molar-refractivity contribution in [1.82, 2.24) is 14.5 Å². The fraction of sp³-hybridized carbons (Fsp3) is 0.133. The maximum atomic E-state index is 12.0. The zero-order valence-corrected chi connectivity index (χ0v) is 12.2. The molecule has 0 aliphatic carbocycles. The Labute approximate surface area is 126 Å². The normalized spacial score (nSPS) is 10.7. The fourth-order valence-electron chi connectivity index (χ4n) is 1.99. The highest BCUT2D eigenvalue weighted by Crippen LogP contribution is 2.26. The van der Waals surface area contributed by atoms with Gasteiger partial charge in [-0.2, -0.15) is 0 Å². The largest absolute Gasteiger partial charge is 0.452 e. The molecule has 0 aliphatic rings. The highest BCUT2D eigenvalue weighted by atomic mass is 32.2. The number of hydrogen-bond acceptors (Lipinski definition) is 5. The monoisotopic (exact) mass is 299 g/mol. The third kappa shape index (κ3) is 2.75. The summed E-state index contributed by atoms with van der Waals surface area (Å²) >= 11 is 1.46. The van der Waals surface area contributed by atoms with Gasteiger partial charge in [0.1, 0.15) is 0 Å². The molecule has 3 rings (SSSR count). The Kier molecular flexibility index (Phi) is 3.87. The number of imidazole rings is 1. The molecule has 2 aromatic heterocycles. The summed E-state index contributed by atoms with van der Waals surface area (Å²) in [5, 5.41) is 0.605. The maximum absolute atomic E-state index is 12.0. The Morgan fingerprint density at radius 3 is 2.81 bits per heavy atom. The van der Waals surface area contributed by atoms with Crippen LogP contribution < -0.4 is 0 Å². The topological polar surface area (TPSA) is 57.0 Å². The summed E-state index contributed by atoms with van der Waals surface area (Å²) in [5.41, 5.74) is 2.45. The number of methoxy groups -OCH3 is 1. The molecular weight excluding hydrogens is 286 g/mol. The number of nitrogens with zero attached hydrogens (tertiary/aromatic N) is 3. The summed E-state index contributed by atoms with van der Waals surface area (Å²) < 4.78 is 6.34. The molecule has 0 saturated carbocycles. The minimum Gasteiger partial charge on any atom is -0.452 e. The molecule has 2 heterocycles. The van der Waals surface area contributed by atoms with E-state index in [1.165, 1.54) is 23.4 Å². The van der Waals surface area contributed by atoms with E-state index in [0.29, 0.717) is 10.9 Å². The van der Waals surface area contributed by atoms with Gasteiger partial charge in [0.2, 0.25) is 0 Å². The molecule has 0 bridgehead atoms. The SMILES string of the molecule is COC(=O)n1c(SCc2ccccn2)nc2ccccc21. The van der Waals surface area contributed by atoms with Gasteiger partial charge < -0.3 is 4.74 Å². The second-order valence-electron chi connectivity index (χ2n) is 4.30. The average Bonchev–Trinajstić information content (AvgIpc) is 2.91. The second-order valence-corrected chi connectivity index (χ2v) is 5.24. The lowest BCUT2D eigenvalue weighted by atomic mass is 10.3. The molecule has 21 heavy (non-hydrogen) atoms. The molecule has 0 fully saturated rings. The molecule has 6 heteroatoms. The zero-order valence-electron chi connectivity index (χ0n) is 11.4. The first-order valence-corrected chi connectivity index (χ1v) is 7.36. The molecule has 5 nitrogen and oxygen atoms in total. The van der Waals surface area contributed by atoms with Crippen molar-refractivity contribution >= 4 is 28.9 Å². The van der Waals surface area contributed by atoms with Crippen molar-refractivity contribution < 1.29 is 9.53 Å². The number of para-hydroxylation sites is 2. The van der Waals surface area contributed by atoms with Crippen LogP contribution in [0.5, 0.6) is 0 Å². The Morgan fingerprint density at radius 2 is 2.05 bits per heavy atom. The smallest absolute Gasteiger partial charge is 0.420 e. The summed E-state index contributed by atoms with van der Waals surface area (Å²) in [6.45, 7) is 0. The molecule has 0 amide bonds. The van der Waals surface area contributed by atoms with Crippen molar-refractivity contribution in [3.63, 3.8) is 0 Å². The van der Waals surface area contributed by atoms with Crippen molar-refractivity contribution in [2.75, 3.05) is 7.11 Å². The first kappa shape index (κ1) is 13.6. The molecular formula is C15H13N3O2S. The lowest BCUT2D eigenvalue weighted by Gasteiger charge is -2.05. The van der Waals surface area contributed by atoms with Crippen LogP contribution in [0, 0.1) is 0 Å². The third-order valence-corrected chi connectivity index (χ3v) is 3.93. The fourth-order valence-corrected chi connectivity index (χ4v) is 2.90. The Bertz CT molecular complexity index is 771. The molecule has 3 aromatic rings. The van der Waals surface area contributed by atoms with Gasteiger partial charge in [-0.15, -0.1) is 0 Å². The van der Waals surface area contributed by atoms with E-state index in [1.54, 1.807) is 6.20 Å². The van der Waals surface area contributed by atoms with Gasteiger partial charge in [0.25, 0.3) is 0 Å². The molecule has 0 spiro atoms. The molecule has 0 saturated heterocycles. The van der Waals surface area contributed by atoms with E-state index in [4.69, 9.17) is 4.74 Å². The first-order chi connectivity index (χ1) is 10.3. The van der Waals surface area contributed by atoms with Crippen molar-refractivity contribution in [3.05, 3.63) is 54.4 Å². The zero-order chi connectivity index (χ0) is 14.7. The van der Waals surface area contributed by atoms with Crippen molar-refractivity contribution in [2.45, 2.75) is 10.9 Å². The average molecular weight is 299 g/mol. The van der Waals surface area contributed by atoms with Gasteiger partial charge in [0.05, 0.1) is 23.8 Å². The van der Waals surface area contributed by atoms with E-state index in [2.05, 4.69) is 9.97 Å². The van der Waals surface area contributed by atoms with Crippen molar-refractivity contribution in [1.29, 1.82) is 0 Å². The van der Waals surface area contributed by atoms with Crippen LogP contribution in [0.25, 0.3) is 11.0 Å². The standard InChI is InChI=1S/C15H13N3O2S/c1-20-15(19)18-13-8-3-2-7-12(13)17-14(18)21-10-11-6-4-5-9-16-11/h2-9H,10H2,1H3. The molecule has 1 aromatic carbocycles. The summed E-state index contributed by atoms with van der Waals surface area (Å²) in [4.78, 5) is 20.8. The number of carbonyl (C=O) groups excluding carboxylic acids is 1. The van der Waals surface area contributed by atoms with E-state index < -0.39 is 6.09 Å². The molecule has 0 aliphatic heterocycles.